The van der Waals surface area contributed by atoms with Crippen molar-refractivity contribution in [3.63, 3.8) is 0 Å². The summed E-state index contributed by atoms with van der Waals surface area (Å²) in [5.74, 6) is 0.594. The van der Waals surface area contributed by atoms with E-state index in [-0.39, 0.29) is 18.0 Å². The summed E-state index contributed by atoms with van der Waals surface area (Å²) in [7, 11) is -3.63. The highest BCUT2D eigenvalue weighted by Gasteiger charge is 2.26. The molecule has 0 bridgehead atoms. The molecule has 2 rings (SSSR count). The van der Waals surface area contributed by atoms with Gasteiger partial charge in [0.2, 0.25) is 10.0 Å². The zero-order valence-electron chi connectivity index (χ0n) is 12.1. The highest BCUT2D eigenvalue weighted by molar-refractivity contribution is 7.89. The molecule has 0 aliphatic heterocycles. The summed E-state index contributed by atoms with van der Waals surface area (Å²) >= 11 is 0. The molecule has 21 heavy (non-hydrogen) atoms. The van der Waals surface area contributed by atoms with Crippen molar-refractivity contribution in [1.82, 2.24) is 4.31 Å². The van der Waals surface area contributed by atoms with E-state index in [9.17, 15) is 13.5 Å². The van der Waals surface area contributed by atoms with Crippen LogP contribution < -0.4 is 0 Å². The van der Waals surface area contributed by atoms with Gasteiger partial charge in [0.15, 0.2) is 0 Å². The third-order valence-corrected chi connectivity index (χ3v) is 5.51. The molecule has 0 saturated heterocycles. The first-order valence-electron chi connectivity index (χ1n) is 6.72. The fourth-order valence-electron chi connectivity index (χ4n) is 2.19. The van der Waals surface area contributed by atoms with Crippen LogP contribution in [0.2, 0.25) is 0 Å². The van der Waals surface area contributed by atoms with Crippen molar-refractivity contribution in [1.29, 1.82) is 0 Å². The molecule has 0 atom stereocenters. The maximum absolute atomic E-state index is 12.8. The molecule has 1 aromatic heterocycles. The second-order valence-electron chi connectivity index (χ2n) is 4.71. The number of furan rings is 1. The third kappa shape index (κ3) is 3.18. The van der Waals surface area contributed by atoms with E-state index in [0.29, 0.717) is 23.4 Å². The van der Waals surface area contributed by atoms with Crippen LogP contribution in [-0.2, 0) is 23.2 Å². The molecule has 2 aromatic rings. The first kappa shape index (κ1) is 15.8. The van der Waals surface area contributed by atoms with E-state index in [2.05, 4.69) is 0 Å². The van der Waals surface area contributed by atoms with E-state index in [1.165, 1.54) is 10.6 Å². The maximum atomic E-state index is 12.8. The van der Waals surface area contributed by atoms with Gasteiger partial charge >= 0.3 is 0 Å². The van der Waals surface area contributed by atoms with Gasteiger partial charge in [-0.1, -0.05) is 19.1 Å². The van der Waals surface area contributed by atoms with Crippen molar-refractivity contribution in [2.45, 2.75) is 31.9 Å². The fourth-order valence-corrected chi connectivity index (χ4v) is 3.88. The minimum atomic E-state index is -3.63. The van der Waals surface area contributed by atoms with Crippen molar-refractivity contribution in [2.75, 3.05) is 6.54 Å². The molecule has 1 aromatic carbocycles. The van der Waals surface area contributed by atoms with Crippen molar-refractivity contribution < 1.29 is 17.9 Å². The fraction of sp³-hybridized carbons (Fsp3) is 0.333. The van der Waals surface area contributed by atoms with Crippen molar-refractivity contribution in [2.24, 2.45) is 0 Å². The van der Waals surface area contributed by atoms with E-state index in [4.69, 9.17) is 4.42 Å². The smallest absolute Gasteiger partial charge is 0.243 e. The SMILES string of the molecule is CCN(Cc1ccco1)S(=O)(=O)c1cccc(CO)c1C. The predicted molar refractivity (Wildman–Crippen MR) is 79.1 cm³/mol. The van der Waals surface area contributed by atoms with Crippen LogP contribution in [0, 0.1) is 6.92 Å². The van der Waals surface area contributed by atoms with Crippen molar-refractivity contribution >= 4 is 10.0 Å². The molecule has 0 aliphatic carbocycles. The molecule has 0 saturated carbocycles. The lowest BCUT2D eigenvalue weighted by atomic mass is 10.1. The molecule has 1 heterocycles. The van der Waals surface area contributed by atoms with Gasteiger partial charge in [0.1, 0.15) is 5.76 Å². The molecule has 0 amide bonds. The molecular formula is C15H19NO4S. The zero-order valence-corrected chi connectivity index (χ0v) is 12.9. The molecule has 0 aliphatic rings. The molecule has 114 valence electrons. The van der Waals surface area contributed by atoms with E-state index in [1.54, 1.807) is 44.2 Å². The molecule has 0 fully saturated rings. The van der Waals surface area contributed by atoms with E-state index < -0.39 is 10.0 Å². The Morgan fingerprint density at radius 3 is 2.57 bits per heavy atom. The lowest BCUT2D eigenvalue weighted by Crippen LogP contribution is -2.31. The number of sulfonamides is 1. The number of aliphatic hydroxyl groups excluding tert-OH is 1. The summed E-state index contributed by atoms with van der Waals surface area (Å²) in [6, 6.07) is 8.40. The van der Waals surface area contributed by atoms with Crippen LogP contribution in [0.5, 0.6) is 0 Å². The number of hydrogen-bond donors (Lipinski definition) is 1. The van der Waals surface area contributed by atoms with Crippen LogP contribution in [0.25, 0.3) is 0 Å². The van der Waals surface area contributed by atoms with Crippen LogP contribution in [0.3, 0.4) is 0 Å². The third-order valence-electron chi connectivity index (χ3n) is 3.45. The number of aliphatic hydroxyl groups is 1. The normalized spacial score (nSPS) is 12.0. The molecular weight excluding hydrogens is 290 g/mol. The lowest BCUT2D eigenvalue weighted by molar-refractivity contribution is 0.280. The topological polar surface area (TPSA) is 70.8 Å². The molecule has 6 heteroatoms. The average Bonchev–Trinajstić information content (AvgIpc) is 2.97. The van der Waals surface area contributed by atoms with Crippen LogP contribution in [0.15, 0.2) is 45.9 Å². The summed E-state index contributed by atoms with van der Waals surface area (Å²) in [6.45, 7) is 3.84. The number of hydrogen-bond acceptors (Lipinski definition) is 4. The van der Waals surface area contributed by atoms with Crippen LogP contribution in [-0.4, -0.2) is 24.4 Å². The number of benzene rings is 1. The highest BCUT2D eigenvalue weighted by Crippen LogP contribution is 2.24. The van der Waals surface area contributed by atoms with Crippen LogP contribution in [0.1, 0.15) is 23.8 Å². The molecule has 0 radical (unpaired) electrons. The Kier molecular flexibility index (Phi) is 4.82. The Bertz CT molecular complexity index is 692. The Hall–Kier alpha value is -1.63. The van der Waals surface area contributed by atoms with Gasteiger partial charge in [0.05, 0.1) is 24.3 Å². The van der Waals surface area contributed by atoms with Crippen LogP contribution >= 0.6 is 0 Å². The molecule has 0 spiro atoms. The lowest BCUT2D eigenvalue weighted by Gasteiger charge is -2.21. The van der Waals surface area contributed by atoms with Gasteiger partial charge in [-0.05, 0) is 36.2 Å². The minimum Gasteiger partial charge on any atom is -0.468 e. The first-order valence-corrected chi connectivity index (χ1v) is 8.16. The summed E-state index contributed by atoms with van der Waals surface area (Å²) in [4.78, 5) is 0.224. The maximum Gasteiger partial charge on any atom is 0.243 e. The Labute approximate surface area is 124 Å². The van der Waals surface area contributed by atoms with E-state index in [1.807, 2.05) is 0 Å². The highest BCUT2D eigenvalue weighted by atomic mass is 32.2. The number of nitrogens with zero attached hydrogens (tertiary/aromatic N) is 1. The standard InChI is InChI=1S/C15H19NO4S/c1-3-16(10-14-7-5-9-20-14)21(18,19)15-8-4-6-13(11-17)12(15)2/h4-9,17H,3,10-11H2,1-2H3. The van der Waals surface area contributed by atoms with Crippen molar-refractivity contribution in [3.8, 4) is 0 Å². The molecule has 0 unspecified atom stereocenters. The van der Waals surface area contributed by atoms with Gasteiger partial charge in [-0.3, -0.25) is 0 Å². The Morgan fingerprint density at radius 1 is 1.24 bits per heavy atom. The van der Waals surface area contributed by atoms with Crippen molar-refractivity contribution in [3.05, 3.63) is 53.5 Å². The summed E-state index contributed by atoms with van der Waals surface area (Å²) in [5.41, 5.74) is 1.20. The monoisotopic (exact) mass is 309 g/mol. The summed E-state index contributed by atoms with van der Waals surface area (Å²) in [6.07, 6.45) is 1.52. The van der Waals surface area contributed by atoms with Gasteiger partial charge in [-0.15, -0.1) is 0 Å². The quantitative estimate of drug-likeness (QED) is 0.889. The number of rotatable bonds is 6. The minimum absolute atomic E-state index is 0.181. The first-order chi connectivity index (χ1) is 10.0. The Balaban J connectivity index is 2.40. The molecule has 5 nitrogen and oxygen atoms in total. The second-order valence-corrected chi connectivity index (χ2v) is 6.62. The van der Waals surface area contributed by atoms with Gasteiger partial charge in [0.25, 0.3) is 0 Å². The van der Waals surface area contributed by atoms with E-state index >= 15 is 0 Å². The second kappa shape index (κ2) is 6.43. The van der Waals surface area contributed by atoms with Gasteiger partial charge in [-0.25, -0.2) is 8.42 Å². The van der Waals surface area contributed by atoms with Crippen LogP contribution in [0.4, 0.5) is 0 Å². The largest absolute Gasteiger partial charge is 0.468 e. The summed E-state index contributed by atoms with van der Waals surface area (Å²) < 4.78 is 32.1. The van der Waals surface area contributed by atoms with E-state index in [0.717, 1.165) is 0 Å². The predicted octanol–water partition coefficient (Wildman–Crippen LogP) is 2.29. The zero-order chi connectivity index (χ0) is 15.5. The Morgan fingerprint density at radius 2 is 2.00 bits per heavy atom. The summed E-state index contributed by atoms with van der Waals surface area (Å²) in [5, 5.41) is 9.29. The van der Waals surface area contributed by atoms with Gasteiger partial charge < -0.3 is 9.52 Å². The molecule has 1 N–H and O–H groups in total. The van der Waals surface area contributed by atoms with Gasteiger partial charge in [-0.2, -0.15) is 4.31 Å². The van der Waals surface area contributed by atoms with Gasteiger partial charge in [0, 0.05) is 6.54 Å². The average molecular weight is 309 g/mol.